The summed E-state index contributed by atoms with van der Waals surface area (Å²) < 4.78 is 0.912. The molecule has 2 amide bonds. The van der Waals surface area contributed by atoms with Gasteiger partial charge in [0.1, 0.15) is 0 Å². The average molecular weight is 388 g/mol. The van der Waals surface area contributed by atoms with Gasteiger partial charge in [-0.2, -0.15) is 4.68 Å². The van der Waals surface area contributed by atoms with Gasteiger partial charge < -0.3 is 20.8 Å². The predicted octanol–water partition coefficient (Wildman–Crippen LogP) is 1.54. The number of hydrogen-bond acceptors (Lipinski definition) is 5. The van der Waals surface area contributed by atoms with Crippen LogP contribution in [0.5, 0.6) is 11.8 Å². The Bertz CT molecular complexity index is 832. The zero-order valence-electron chi connectivity index (χ0n) is 16.7. The summed E-state index contributed by atoms with van der Waals surface area (Å²) in [5.74, 6) is -2.06. The maximum Gasteiger partial charge on any atom is 0.328 e. The summed E-state index contributed by atoms with van der Waals surface area (Å²) in [4.78, 5) is 24.9. The van der Waals surface area contributed by atoms with Crippen LogP contribution in [0.3, 0.4) is 0 Å². The Kier molecular flexibility index (Phi) is 4.05. The van der Waals surface area contributed by atoms with Crippen LogP contribution in [0, 0.1) is 0 Å². The molecule has 0 radical (unpaired) electrons. The summed E-state index contributed by atoms with van der Waals surface area (Å²) in [7, 11) is 0. The molecule has 152 valence electrons. The molecule has 4 rings (SSSR count). The van der Waals surface area contributed by atoms with Crippen molar-refractivity contribution in [1.29, 1.82) is 0 Å². The molecule has 28 heavy (non-hydrogen) atoms. The van der Waals surface area contributed by atoms with E-state index < -0.39 is 11.8 Å². The van der Waals surface area contributed by atoms with Crippen molar-refractivity contribution in [2.45, 2.75) is 75.9 Å². The maximum atomic E-state index is 12.4. The highest BCUT2D eigenvalue weighted by atomic mass is 16.3. The Morgan fingerprint density at radius 1 is 1.00 bits per heavy atom. The zero-order chi connectivity index (χ0) is 20.4. The smallest absolute Gasteiger partial charge is 0.328 e. The van der Waals surface area contributed by atoms with E-state index in [4.69, 9.17) is 0 Å². The molecule has 3 aliphatic rings. The Balaban J connectivity index is 1.46. The molecule has 2 bridgehead atoms. The lowest BCUT2D eigenvalue weighted by molar-refractivity contribution is -0.137. The number of hydrogen-bond donors (Lipinski definition) is 5. The van der Waals surface area contributed by atoms with Crippen molar-refractivity contribution in [3.05, 3.63) is 23.3 Å². The Labute approximate surface area is 164 Å². The molecule has 8 nitrogen and oxygen atoms in total. The highest BCUT2D eigenvalue weighted by Crippen LogP contribution is 2.56. The van der Waals surface area contributed by atoms with Crippen molar-refractivity contribution in [3.63, 3.8) is 0 Å². The van der Waals surface area contributed by atoms with Gasteiger partial charge in [-0.1, -0.05) is 12.2 Å². The third-order valence-electron chi connectivity index (χ3n) is 5.97. The van der Waals surface area contributed by atoms with Crippen molar-refractivity contribution < 1.29 is 19.8 Å². The molecule has 0 aromatic carbocycles. The molecule has 1 fully saturated rings. The monoisotopic (exact) mass is 388 g/mol. The van der Waals surface area contributed by atoms with Gasteiger partial charge in [-0.15, -0.1) is 0 Å². The molecule has 2 heterocycles. The fourth-order valence-electron chi connectivity index (χ4n) is 5.37. The minimum Gasteiger partial charge on any atom is -0.493 e. The van der Waals surface area contributed by atoms with Crippen LogP contribution in [0.1, 0.15) is 69.9 Å². The average Bonchev–Trinajstić information content (AvgIpc) is 3.21. The summed E-state index contributed by atoms with van der Waals surface area (Å²) in [5.41, 5.74) is 3.26. The van der Waals surface area contributed by atoms with E-state index >= 15 is 0 Å². The lowest BCUT2D eigenvalue weighted by Crippen LogP contribution is -2.62. The van der Waals surface area contributed by atoms with Crippen LogP contribution in [0.15, 0.2) is 12.2 Å². The lowest BCUT2D eigenvalue weighted by atomic mass is 9.79. The molecule has 1 saturated heterocycles. The van der Waals surface area contributed by atoms with Crippen molar-refractivity contribution in [3.8, 4) is 11.8 Å². The molecular weight excluding hydrogens is 360 g/mol. The predicted molar refractivity (Wildman–Crippen MR) is 104 cm³/mol. The van der Waals surface area contributed by atoms with Crippen molar-refractivity contribution >= 4 is 11.8 Å². The van der Waals surface area contributed by atoms with E-state index in [9.17, 15) is 19.8 Å². The number of rotatable bonds is 2. The topological polar surface area (TPSA) is 116 Å². The van der Waals surface area contributed by atoms with Crippen molar-refractivity contribution in [1.82, 2.24) is 15.3 Å². The van der Waals surface area contributed by atoms with Gasteiger partial charge in [0, 0.05) is 40.1 Å². The number of nitrogens with zero attached hydrogens (tertiary/aromatic N) is 1. The molecule has 2 unspecified atom stereocenters. The first-order valence-electron chi connectivity index (χ1n) is 9.73. The molecule has 0 saturated carbocycles. The van der Waals surface area contributed by atoms with E-state index in [0.29, 0.717) is 24.0 Å². The molecule has 2 aliphatic carbocycles. The number of allylic oxidation sites excluding steroid dienone is 2. The van der Waals surface area contributed by atoms with Gasteiger partial charge in [-0.3, -0.25) is 9.59 Å². The lowest BCUT2D eigenvalue weighted by Gasteiger charge is -2.46. The number of piperidine rings is 1. The SMILES string of the molecule is CC1(C)CC(NC(=O)C(=O)Nn2c(O)c3c(c2O)C2C=CC3C2)CC(C)(C)N1. The second-order valence-electron chi connectivity index (χ2n) is 9.56. The molecule has 0 spiro atoms. The van der Waals surface area contributed by atoms with Gasteiger partial charge >= 0.3 is 11.8 Å². The summed E-state index contributed by atoms with van der Waals surface area (Å²) in [6.45, 7) is 8.25. The van der Waals surface area contributed by atoms with Gasteiger partial charge in [0.05, 0.1) is 0 Å². The van der Waals surface area contributed by atoms with Gasteiger partial charge in [-0.05, 0) is 47.0 Å². The minimum atomic E-state index is -0.922. The summed E-state index contributed by atoms with van der Waals surface area (Å²) >= 11 is 0. The van der Waals surface area contributed by atoms with E-state index in [1.807, 2.05) is 12.2 Å². The Hall–Kier alpha value is -2.48. The first-order valence-corrected chi connectivity index (χ1v) is 9.73. The molecule has 1 aliphatic heterocycles. The normalized spacial score (nSPS) is 26.9. The van der Waals surface area contributed by atoms with E-state index in [2.05, 4.69) is 43.8 Å². The number of aromatic nitrogens is 1. The third-order valence-corrected chi connectivity index (χ3v) is 5.97. The van der Waals surface area contributed by atoms with Crippen LogP contribution < -0.4 is 16.1 Å². The van der Waals surface area contributed by atoms with Gasteiger partial charge in [-0.25, -0.2) is 5.43 Å². The summed E-state index contributed by atoms with van der Waals surface area (Å²) in [5, 5.41) is 27.2. The number of carbonyl (C=O) groups excluding carboxylic acids is 2. The standard InChI is InChI=1S/C20H28N4O4/c1-19(2)8-12(9-20(3,4)23-19)21-15(25)16(26)22-24-17(27)13-10-5-6-11(7-10)14(13)18(24)28/h5-6,10-12,23,27-28H,7-9H2,1-4H3,(H,21,25)(H,22,26). The van der Waals surface area contributed by atoms with Gasteiger partial charge in [0.2, 0.25) is 11.8 Å². The first kappa shape index (κ1) is 18.9. The second-order valence-corrected chi connectivity index (χ2v) is 9.56. The van der Waals surface area contributed by atoms with Gasteiger partial charge in [0.25, 0.3) is 0 Å². The number of fused-ring (bicyclic) bond motifs is 5. The highest BCUT2D eigenvalue weighted by molar-refractivity contribution is 6.38. The van der Waals surface area contributed by atoms with Crippen molar-refractivity contribution in [2.75, 3.05) is 5.43 Å². The van der Waals surface area contributed by atoms with Crippen LogP contribution in [0.4, 0.5) is 0 Å². The number of amides is 2. The highest BCUT2D eigenvalue weighted by Gasteiger charge is 2.42. The zero-order valence-corrected chi connectivity index (χ0v) is 16.7. The Morgan fingerprint density at radius 3 is 2.00 bits per heavy atom. The number of aromatic hydroxyl groups is 2. The van der Waals surface area contributed by atoms with Crippen LogP contribution in [0.2, 0.25) is 0 Å². The largest absolute Gasteiger partial charge is 0.493 e. The van der Waals surface area contributed by atoms with E-state index in [1.165, 1.54) is 0 Å². The fourth-order valence-corrected chi connectivity index (χ4v) is 5.37. The maximum absolute atomic E-state index is 12.4. The quantitative estimate of drug-likeness (QED) is 0.389. The van der Waals surface area contributed by atoms with Gasteiger partial charge in [0.15, 0.2) is 0 Å². The molecule has 1 aromatic rings. The van der Waals surface area contributed by atoms with E-state index in [1.54, 1.807) is 0 Å². The fraction of sp³-hybridized carbons (Fsp3) is 0.600. The summed E-state index contributed by atoms with van der Waals surface area (Å²) in [6, 6.07) is -0.151. The molecule has 1 aromatic heterocycles. The number of carbonyl (C=O) groups is 2. The second kappa shape index (κ2) is 6.01. The third kappa shape index (κ3) is 3.05. The van der Waals surface area contributed by atoms with Crippen LogP contribution in [-0.4, -0.2) is 43.8 Å². The first-order chi connectivity index (χ1) is 13.0. The van der Waals surface area contributed by atoms with Crippen molar-refractivity contribution in [2.24, 2.45) is 0 Å². The molecule has 8 heteroatoms. The molecular formula is C20H28N4O4. The van der Waals surface area contributed by atoms with E-state index in [0.717, 1.165) is 11.1 Å². The van der Waals surface area contributed by atoms with Crippen LogP contribution >= 0.6 is 0 Å². The Morgan fingerprint density at radius 2 is 1.50 bits per heavy atom. The molecule has 2 atom stereocenters. The van der Waals surface area contributed by atoms with Crippen LogP contribution in [-0.2, 0) is 9.59 Å². The summed E-state index contributed by atoms with van der Waals surface area (Å²) in [6.07, 6.45) is 6.19. The van der Waals surface area contributed by atoms with E-state index in [-0.39, 0.29) is 40.7 Å². The minimum absolute atomic E-state index is 0.0390. The molecule has 5 N–H and O–H groups in total. The number of nitrogens with one attached hydrogen (secondary N) is 3. The van der Waals surface area contributed by atoms with Crippen LogP contribution in [0.25, 0.3) is 0 Å².